The first-order valence-electron chi connectivity index (χ1n) is 6.39. The Hall–Kier alpha value is -1.04. The lowest BCUT2D eigenvalue weighted by molar-refractivity contribution is -0.116. The molecule has 0 saturated carbocycles. The average Bonchev–Trinajstić information content (AvgIpc) is 2.87. The molecule has 0 spiro atoms. The molecule has 1 amide bonds. The van der Waals surface area contributed by atoms with Crippen LogP contribution in [0.15, 0.2) is 29.6 Å². The number of nitrogens with one attached hydrogen (secondary N) is 2. The van der Waals surface area contributed by atoms with Gasteiger partial charge in [0.15, 0.2) is 0 Å². The van der Waals surface area contributed by atoms with Gasteiger partial charge < -0.3 is 10.6 Å². The van der Waals surface area contributed by atoms with E-state index in [1.165, 1.54) is 10.1 Å². The molecular weight excluding hydrogens is 276 g/mol. The summed E-state index contributed by atoms with van der Waals surface area (Å²) in [5.41, 5.74) is 0.888. The van der Waals surface area contributed by atoms with Crippen molar-refractivity contribution in [3.05, 3.63) is 29.6 Å². The highest BCUT2D eigenvalue weighted by Crippen LogP contribution is 2.24. The Morgan fingerprint density at radius 1 is 1.42 bits per heavy atom. The highest BCUT2D eigenvalue weighted by Gasteiger charge is 2.16. The van der Waals surface area contributed by atoms with E-state index in [2.05, 4.69) is 28.1 Å². The van der Waals surface area contributed by atoms with Crippen molar-refractivity contribution in [3.8, 4) is 0 Å². The molecule has 1 aromatic heterocycles. The number of amides is 1. The van der Waals surface area contributed by atoms with E-state index >= 15 is 0 Å². The highest BCUT2D eigenvalue weighted by atomic mass is 32.2. The van der Waals surface area contributed by atoms with Crippen molar-refractivity contribution in [2.24, 2.45) is 0 Å². The van der Waals surface area contributed by atoms with Crippen molar-refractivity contribution in [3.63, 3.8) is 0 Å². The van der Waals surface area contributed by atoms with Crippen molar-refractivity contribution >= 4 is 44.8 Å². The Morgan fingerprint density at radius 3 is 3.21 bits per heavy atom. The lowest BCUT2D eigenvalue weighted by atomic mass is 10.2. The zero-order chi connectivity index (χ0) is 13.1. The van der Waals surface area contributed by atoms with Crippen LogP contribution in [0.4, 0.5) is 5.69 Å². The van der Waals surface area contributed by atoms with Crippen molar-refractivity contribution in [1.82, 2.24) is 5.32 Å². The summed E-state index contributed by atoms with van der Waals surface area (Å²) in [6, 6.07) is 8.45. The molecule has 3 rings (SSSR count). The molecule has 1 atom stereocenters. The molecule has 100 valence electrons. The number of anilines is 1. The summed E-state index contributed by atoms with van der Waals surface area (Å²) in [6.45, 7) is 1.00. The van der Waals surface area contributed by atoms with Gasteiger partial charge in [-0.05, 0) is 35.0 Å². The van der Waals surface area contributed by atoms with E-state index in [-0.39, 0.29) is 5.91 Å². The van der Waals surface area contributed by atoms with Crippen LogP contribution in [0, 0.1) is 0 Å². The normalized spacial score (nSPS) is 19.5. The average molecular weight is 292 g/mol. The predicted molar refractivity (Wildman–Crippen MR) is 84.2 cm³/mol. The number of thiophene rings is 1. The number of benzene rings is 1. The Kier molecular flexibility index (Phi) is 4.06. The number of hydrogen-bond donors (Lipinski definition) is 2. The van der Waals surface area contributed by atoms with Crippen molar-refractivity contribution < 1.29 is 4.79 Å². The number of hydrogen-bond acceptors (Lipinski definition) is 4. The Labute approximate surface area is 120 Å². The molecule has 1 saturated heterocycles. The molecule has 2 N–H and O–H groups in total. The van der Waals surface area contributed by atoms with E-state index in [1.54, 1.807) is 11.3 Å². The first-order valence-corrected chi connectivity index (χ1v) is 8.43. The maximum Gasteiger partial charge on any atom is 0.225 e. The van der Waals surface area contributed by atoms with Gasteiger partial charge in [-0.25, -0.2) is 0 Å². The van der Waals surface area contributed by atoms with Gasteiger partial charge in [0.2, 0.25) is 5.91 Å². The molecule has 0 bridgehead atoms. The van der Waals surface area contributed by atoms with Gasteiger partial charge in [0, 0.05) is 40.9 Å². The fourth-order valence-corrected chi connectivity index (χ4v) is 3.95. The largest absolute Gasteiger partial charge is 0.326 e. The maximum atomic E-state index is 12.0. The Morgan fingerprint density at radius 2 is 2.37 bits per heavy atom. The lowest BCUT2D eigenvalue weighted by Crippen LogP contribution is -2.39. The van der Waals surface area contributed by atoms with E-state index in [0.717, 1.165) is 23.7 Å². The van der Waals surface area contributed by atoms with Crippen LogP contribution in [0.25, 0.3) is 10.1 Å². The SMILES string of the molecule is O=C(CC1CSCCN1)Nc1ccc2sccc2c1. The summed E-state index contributed by atoms with van der Waals surface area (Å²) < 4.78 is 1.25. The van der Waals surface area contributed by atoms with E-state index in [4.69, 9.17) is 0 Å². The van der Waals surface area contributed by atoms with Gasteiger partial charge >= 0.3 is 0 Å². The molecule has 1 aromatic carbocycles. The number of thioether (sulfide) groups is 1. The molecule has 2 heterocycles. The second-order valence-corrected chi connectivity index (χ2v) is 6.75. The summed E-state index contributed by atoms with van der Waals surface area (Å²) in [5, 5.41) is 9.63. The maximum absolute atomic E-state index is 12.0. The van der Waals surface area contributed by atoms with E-state index < -0.39 is 0 Å². The van der Waals surface area contributed by atoms with Crippen LogP contribution in [-0.2, 0) is 4.79 Å². The molecule has 5 heteroatoms. The number of fused-ring (bicyclic) bond motifs is 1. The molecule has 1 aliphatic rings. The van der Waals surface area contributed by atoms with Crippen LogP contribution in [0.3, 0.4) is 0 Å². The van der Waals surface area contributed by atoms with Gasteiger partial charge in [0.1, 0.15) is 0 Å². The van der Waals surface area contributed by atoms with E-state index in [0.29, 0.717) is 12.5 Å². The van der Waals surface area contributed by atoms with Crippen molar-refractivity contribution in [1.29, 1.82) is 0 Å². The van der Waals surface area contributed by atoms with Crippen molar-refractivity contribution in [2.75, 3.05) is 23.4 Å². The molecular formula is C14H16N2OS2. The summed E-state index contributed by atoms with van der Waals surface area (Å²) in [5.74, 6) is 2.26. The van der Waals surface area contributed by atoms with E-state index in [9.17, 15) is 4.79 Å². The fraction of sp³-hybridized carbons (Fsp3) is 0.357. The molecule has 0 aliphatic carbocycles. The molecule has 1 aliphatic heterocycles. The lowest BCUT2D eigenvalue weighted by Gasteiger charge is -2.22. The molecule has 0 radical (unpaired) electrons. The van der Waals surface area contributed by atoms with Crippen LogP contribution in [0.2, 0.25) is 0 Å². The molecule has 1 unspecified atom stereocenters. The smallest absolute Gasteiger partial charge is 0.225 e. The highest BCUT2D eigenvalue weighted by molar-refractivity contribution is 7.99. The first-order chi connectivity index (χ1) is 9.31. The van der Waals surface area contributed by atoms with Crippen LogP contribution >= 0.6 is 23.1 Å². The molecule has 3 nitrogen and oxygen atoms in total. The minimum absolute atomic E-state index is 0.0922. The van der Waals surface area contributed by atoms with Gasteiger partial charge in [-0.1, -0.05) is 0 Å². The summed E-state index contributed by atoms with van der Waals surface area (Å²) in [7, 11) is 0. The molecule has 2 aromatic rings. The topological polar surface area (TPSA) is 41.1 Å². The summed E-state index contributed by atoms with van der Waals surface area (Å²) in [6.07, 6.45) is 0.550. The molecule has 19 heavy (non-hydrogen) atoms. The van der Waals surface area contributed by atoms with Crippen LogP contribution in [0.5, 0.6) is 0 Å². The van der Waals surface area contributed by atoms with Gasteiger partial charge in [-0.3, -0.25) is 4.79 Å². The zero-order valence-corrected chi connectivity index (χ0v) is 12.2. The summed E-state index contributed by atoms with van der Waals surface area (Å²) in [4.78, 5) is 12.0. The van der Waals surface area contributed by atoms with Gasteiger partial charge in [-0.2, -0.15) is 11.8 Å². The fourth-order valence-electron chi connectivity index (χ4n) is 2.23. The quantitative estimate of drug-likeness (QED) is 0.914. The predicted octanol–water partition coefficient (Wildman–Crippen LogP) is 2.93. The van der Waals surface area contributed by atoms with E-state index in [1.807, 2.05) is 23.9 Å². The third-order valence-corrected chi connectivity index (χ3v) is 5.20. The Balaban J connectivity index is 1.61. The summed E-state index contributed by atoms with van der Waals surface area (Å²) >= 11 is 3.63. The minimum Gasteiger partial charge on any atom is -0.326 e. The van der Waals surface area contributed by atoms with Gasteiger partial charge in [0.05, 0.1) is 0 Å². The first kappa shape index (κ1) is 13.0. The molecule has 1 fully saturated rings. The number of carbonyl (C=O) groups excluding carboxylic acids is 1. The third kappa shape index (κ3) is 3.29. The monoisotopic (exact) mass is 292 g/mol. The number of rotatable bonds is 3. The second kappa shape index (κ2) is 5.94. The van der Waals surface area contributed by atoms with Gasteiger partial charge in [-0.15, -0.1) is 11.3 Å². The van der Waals surface area contributed by atoms with Crippen LogP contribution in [-0.4, -0.2) is 30.0 Å². The minimum atomic E-state index is 0.0922. The van der Waals surface area contributed by atoms with Crippen LogP contribution in [0.1, 0.15) is 6.42 Å². The van der Waals surface area contributed by atoms with Crippen LogP contribution < -0.4 is 10.6 Å². The standard InChI is InChI=1S/C14H16N2OS2/c17-14(8-12-9-18-6-4-15-12)16-11-1-2-13-10(7-11)3-5-19-13/h1-3,5,7,12,15H,4,6,8-9H2,(H,16,17). The Bertz CT molecular complexity index is 576. The van der Waals surface area contributed by atoms with Gasteiger partial charge in [0.25, 0.3) is 0 Å². The number of carbonyl (C=O) groups is 1. The van der Waals surface area contributed by atoms with Crippen molar-refractivity contribution in [2.45, 2.75) is 12.5 Å². The second-order valence-electron chi connectivity index (χ2n) is 4.65. The third-order valence-electron chi connectivity index (χ3n) is 3.17. The zero-order valence-electron chi connectivity index (χ0n) is 10.5.